The smallest absolute Gasteiger partial charge is 0.177 e. The average molecular weight is 348 g/mol. The highest BCUT2D eigenvalue weighted by molar-refractivity contribution is 14.1. The summed E-state index contributed by atoms with van der Waals surface area (Å²) in [5.41, 5.74) is 0.666. The van der Waals surface area contributed by atoms with Gasteiger partial charge in [-0.15, -0.1) is 10.2 Å². The first-order valence-electron chi connectivity index (χ1n) is 4.92. The number of aliphatic hydroxyl groups excluding tert-OH is 1. The van der Waals surface area contributed by atoms with E-state index in [2.05, 4.69) is 15.4 Å². The summed E-state index contributed by atoms with van der Waals surface area (Å²) in [5, 5.41) is 21.5. The van der Waals surface area contributed by atoms with Gasteiger partial charge in [0.15, 0.2) is 5.82 Å². The largest absolute Gasteiger partial charge is 0.388 e. The Balaban J connectivity index is 2.17. The van der Waals surface area contributed by atoms with E-state index in [1.165, 1.54) is 16.9 Å². The molecule has 17 heavy (non-hydrogen) atoms. The molecule has 0 amide bonds. The van der Waals surface area contributed by atoms with Crippen molar-refractivity contribution in [2.24, 2.45) is 7.05 Å². The molecule has 1 atom stereocenters. The van der Waals surface area contributed by atoms with Gasteiger partial charge in [-0.05, 0) is 45.5 Å². The monoisotopic (exact) mass is 348 g/mol. The van der Waals surface area contributed by atoms with E-state index < -0.39 is 6.10 Å². The number of aryl methyl sites for hydroxylation is 1. The lowest BCUT2D eigenvalue weighted by Gasteiger charge is -2.10. The molecule has 0 aliphatic rings. The van der Waals surface area contributed by atoms with E-state index in [0.29, 0.717) is 15.0 Å². The van der Waals surface area contributed by atoms with Gasteiger partial charge >= 0.3 is 0 Å². The van der Waals surface area contributed by atoms with Crippen molar-refractivity contribution in [3.05, 3.63) is 39.0 Å². The summed E-state index contributed by atoms with van der Waals surface area (Å²) in [6.07, 6.45) is -0.498. The Morgan fingerprint density at radius 3 is 2.88 bits per heavy atom. The minimum Gasteiger partial charge on any atom is -0.388 e. The molecule has 1 aromatic heterocycles. The van der Waals surface area contributed by atoms with Gasteiger partial charge in [0, 0.05) is 9.99 Å². The maximum absolute atomic E-state index is 12.9. The van der Waals surface area contributed by atoms with Crippen molar-refractivity contribution in [1.29, 1.82) is 0 Å². The van der Waals surface area contributed by atoms with Crippen molar-refractivity contribution in [3.63, 3.8) is 0 Å². The number of nitrogens with zero attached hydrogens (tertiary/aromatic N) is 4. The molecule has 1 unspecified atom stereocenters. The van der Waals surface area contributed by atoms with Crippen LogP contribution >= 0.6 is 22.6 Å². The van der Waals surface area contributed by atoms with Crippen LogP contribution in [0.4, 0.5) is 4.39 Å². The fourth-order valence-electron chi connectivity index (χ4n) is 1.46. The number of tetrazole rings is 1. The third-order valence-corrected chi connectivity index (χ3v) is 3.18. The highest BCUT2D eigenvalue weighted by atomic mass is 127. The van der Waals surface area contributed by atoms with Crippen LogP contribution < -0.4 is 0 Å². The van der Waals surface area contributed by atoms with E-state index in [1.807, 2.05) is 22.6 Å². The van der Waals surface area contributed by atoms with Crippen LogP contribution in [-0.4, -0.2) is 25.3 Å². The predicted octanol–water partition coefficient (Wildman–Crippen LogP) is 1.23. The number of halogens is 2. The zero-order chi connectivity index (χ0) is 12.4. The molecule has 2 aromatic rings. The highest BCUT2D eigenvalue weighted by Gasteiger charge is 2.15. The molecule has 0 bridgehead atoms. The fraction of sp³-hybridized carbons (Fsp3) is 0.300. The van der Waals surface area contributed by atoms with Crippen LogP contribution in [-0.2, 0) is 13.5 Å². The number of rotatable bonds is 3. The Bertz CT molecular complexity index is 531. The van der Waals surface area contributed by atoms with Gasteiger partial charge in [0.05, 0.1) is 13.2 Å². The second-order valence-electron chi connectivity index (χ2n) is 3.58. The molecule has 7 heteroatoms. The molecule has 2 rings (SSSR count). The maximum Gasteiger partial charge on any atom is 0.177 e. The minimum absolute atomic E-state index is 0.259. The Hall–Kier alpha value is -1.09. The van der Waals surface area contributed by atoms with Gasteiger partial charge in [-0.25, -0.2) is 4.39 Å². The Kier molecular flexibility index (Phi) is 3.67. The SMILES string of the molecule is Cn1nnc(CC(O)c2ccc(F)cc2I)n1. The number of aromatic nitrogens is 4. The maximum atomic E-state index is 12.9. The molecule has 5 nitrogen and oxygen atoms in total. The lowest BCUT2D eigenvalue weighted by molar-refractivity contribution is 0.174. The molecule has 1 aromatic carbocycles. The number of hydrogen-bond acceptors (Lipinski definition) is 4. The van der Waals surface area contributed by atoms with Gasteiger partial charge in [-0.3, -0.25) is 0 Å². The van der Waals surface area contributed by atoms with Crippen LogP contribution in [0.2, 0.25) is 0 Å². The Morgan fingerprint density at radius 1 is 1.53 bits per heavy atom. The van der Waals surface area contributed by atoms with Gasteiger partial charge in [0.2, 0.25) is 0 Å². The molecule has 1 N–H and O–H groups in total. The summed E-state index contributed by atoms with van der Waals surface area (Å²) in [7, 11) is 1.66. The standard InChI is InChI=1S/C10H10FIN4O/c1-16-14-10(13-15-16)5-9(17)7-3-2-6(11)4-8(7)12/h2-4,9,17H,5H2,1H3. The van der Waals surface area contributed by atoms with Gasteiger partial charge in [0.1, 0.15) is 5.82 Å². The molecule has 0 radical (unpaired) electrons. The normalized spacial score (nSPS) is 12.7. The second-order valence-corrected chi connectivity index (χ2v) is 4.74. The summed E-state index contributed by atoms with van der Waals surface area (Å²) < 4.78 is 13.6. The summed E-state index contributed by atoms with van der Waals surface area (Å²) in [5.74, 6) is 0.142. The van der Waals surface area contributed by atoms with Crippen LogP contribution in [0.1, 0.15) is 17.5 Å². The van der Waals surface area contributed by atoms with Crippen molar-refractivity contribution in [1.82, 2.24) is 20.2 Å². The minimum atomic E-state index is -0.758. The first-order chi connectivity index (χ1) is 8.06. The van der Waals surface area contributed by atoms with Crippen molar-refractivity contribution in [2.45, 2.75) is 12.5 Å². The second kappa shape index (κ2) is 5.05. The first-order valence-corrected chi connectivity index (χ1v) is 6.00. The molecular formula is C10H10FIN4O. The zero-order valence-corrected chi connectivity index (χ0v) is 11.2. The quantitative estimate of drug-likeness (QED) is 0.848. The zero-order valence-electron chi connectivity index (χ0n) is 9.01. The van der Waals surface area contributed by atoms with Crippen LogP contribution in [0, 0.1) is 9.39 Å². The summed E-state index contributed by atoms with van der Waals surface area (Å²) in [6, 6.07) is 4.27. The van der Waals surface area contributed by atoms with Gasteiger partial charge in [-0.2, -0.15) is 4.80 Å². The molecule has 0 saturated carbocycles. The highest BCUT2D eigenvalue weighted by Crippen LogP contribution is 2.23. The van der Waals surface area contributed by atoms with Crippen molar-refractivity contribution in [2.75, 3.05) is 0 Å². The van der Waals surface area contributed by atoms with E-state index in [9.17, 15) is 9.50 Å². The number of aliphatic hydroxyl groups is 1. The van der Waals surface area contributed by atoms with E-state index in [0.717, 1.165) is 0 Å². The lowest BCUT2D eigenvalue weighted by atomic mass is 10.1. The first kappa shape index (κ1) is 12.4. The average Bonchev–Trinajstić information content (AvgIpc) is 2.63. The van der Waals surface area contributed by atoms with Crippen LogP contribution in [0.15, 0.2) is 18.2 Å². The third-order valence-electron chi connectivity index (χ3n) is 2.25. The molecule has 0 fully saturated rings. The molecule has 90 valence electrons. The third kappa shape index (κ3) is 2.97. The summed E-state index contributed by atoms with van der Waals surface area (Å²) in [4.78, 5) is 1.33. The topological polar surface area (TPSA) is 63.8 Å². The fourth-order valence-corrected chi connectivity index (χ4v) is 2.30. The lowest BCUT2D eigenvalue weighted by Crippen LogP contribution is -2.06. The van der Waals surface area contributed by atoms with E-state index in [4.69, 9.17) is 0 Å². The predicted molar refractivity (Wildman–Crippen MR) is 66.6 cm³/mol. The molecule has 1 heterocycles. The molecule has 0 aliphatic carbocycles. The summed E-state index contributed by atoms with van der Waals surface area (Å²) in [6.45, 7) is 0. The van der Waals surface area contributed by atoms with Crippen molar-refractivity contribution >= 4 is 22.6 Å². The van der Waals surface area contributed by atoms with Gasteiger partial charge in [-0.1, -0.05) is 6.07 Å². The van der Waals surface area contributed by atoms with Gasteiger partial charge in [0.25, 0.3) is 0 Å². The van der Waals surface area contributed by atoms with Crippen molar-refractivity contribution in [3.8, 4) is 0 Å². The summed E-state index contributed by atoms with van der Waals surface area (Å²) >= 11 is 1.99. The van der Waals surface area contributed by atoms with Gasteiger partial charge < -0.3 is 5.11 Å². The van der Waals surface area contributed by atoms with Crippen LogP contribution in [0.25, 0.3) is 0 Å². The molecular weight excluding hydrogens is 338 g/mol. The van der Waals surface area contributed by atoms with Crippen LogP contribution in [0.5, 0.6) is 0 Å². The number of benzene rings is 1. The van der Waals surface area contributed by atoms with Crippen molar-refractivity contribution < 1.29 is 9.50 Å². The van der Waals surface area contributed by atoms with E-state index in [1.54, 1.807) is 13.1 Å². The number of hydrogen-bond donors (Lipinski definition) is 1. The molecule has 0 aliphatic heterocycles. The Morgan fingerprint density at radius 2 is 2.29 bits per heavy atom. The van der Waals surface area contributed by atoms with E-state index >= 15 is 0 Å². The van der Waals surface area contributed by atoms with Crippen LogP contribution in [0.3, 0.4) is 0 Å². The molecule has 0 saturated heterocycles. The Labute approximate surface area is 111 Å². The van der Waals surface area contributed by atoms with E-state index in [-0.39, 0.29) is 12.2 Å². The molecule has 0 spiro atoms.